The average Bonchev–Trinajstić information content (AvgIpc) is 2.75. The Morgan fingerprint density at radius 3 is 1.67 bits per heavy atom. The highest BCUT2D eigenvalue weighted by molar-refractivity contribution is 7.79. The zero-order chi connectivity index (χ0) is 24.5. The summed E-state index contributed by atoms with van der Waals surface area (Å²) in [5.74, 6) is -11.8. The molecule has 2 aromatic carbocycles. The molecule has 1 fully saturated rings. The van der Waals surface area contributed by atoms with Crippen molar-refractivity contribution in [2.45, 2.75) is 67.8 Å². The van der Waals surface area contributed by atoms with Crippen molar-refractivity contribution in [3.05, 3.63) is 60.7 Å². The molecule has 0 radical (unpaired) electrons. The molecule has 0 bridgehead atoms. The van der Waals surface area contributed by atoms with Crippen LogP contribution in [0.5, 0.6) is 0 Å². The molecule has 0 spiro atoms. The van der Waals surface area contributed by atoms with Crippen molar-refractivity contribution in [3.8, 4) is 0 Å². The lowest BCUT2D eigenvalue weighted by molar-refractivity contribution is -0.355. The molecule has 0 aromatic heterocycles. The number of hydrogen-bond donors (Lipinski definition) is 1. The van der Waals surface area contributed by atoms with Crippen molar-refractivity contribution in [1.82, 2.24) is 0 Å². The van der Waals surface area contributed by atoms with E-state index in [1.54, 1.807) is 12.1 Å². The second-order valence-corrected chi connectivity index (χ2v) is 11.7. The topological polar surface area (TPSA) is 37.3 Å². The average molecular weight is 496 g/mol. The van der Waals surface area contributed by atoms with Crippen LogP contribution in [0.25, 0.3) is 0 Å². The standard InChI is InChI=1S/C23H24F7O2P/c24-21(25,22(26,27)23(28,29)30)16-19(12-15-20(31)13-7-14-20)33(32,17-8-3-1-4-9-17)18-10-5-2-6-11-18/h1-6,8-11,19,31H,7,12-16H2. The molecule has 2 aromatic rings. The van der Waals surface area contributed by atoms with Crippen LogP contribution in [0.15, 0.2) is 60.7 Å². The molecule has 1 atom stereocenters. The first-order valence-electron chi connectivity index (χ1n) is 10.5. The molecule has 10 heteroatoms. The van der Waals surface area contributed by atoms with Gasteiger partial charge in [-0.2, -0.15) is 30.7 Å². The summed E-state index contributed by atoms with van der Waals surface area (Å²) in [5, 5.41) is 10.6. The molecule has 0 aliphatic heterocycles. The summed E-state index contributed by atoms with van der Waals surface area (Å²) in [5.41, 5.74) is -2.98. The smallest absolute Gasteiger partial charge is 0.390 e. The maximum Gasteiger partial charge on any atom is 0.459 e. The first kappa shape index (κ1) is 25.8. The maximum atomic E-state index is 14.6. The van der Waals surface area contributed by atoms with Crippen LogP contribution in [0.4, 0.5) is 30.7 Å². The van der Waals surface area contributed by atoms with Crippen LogP contribution in [0.2, 0.25) is 0 Å². The highest BCUT2D eigenvalue weighted by atomic mass is 31.2. The number of rotatable bonds is 9. The van der Waals surface area contributed by atoms with Crippen LogP contribution in [0.3, 0.4) is 0 Å². The molecular formula is C23H24F7O2P. The van der Waals surface area contributed by atoms with Gasteiger partial charge in [0.25, 0.3) is 0 Å². The monoisotopic (exact) mass is 496 g/mol. The van der Waals surface area contributed by atoms with Gasteiger partial charge in [0.05, 0.1) is 5.60 Å². The van der Waals surface area contributed by atoms with Crippen molar-refractivity contribution in [3.63, 3.8) is 0 Å². The first-order valence-corrected chi connectivity index (χ1v) is 12.3. The Bertz CT molecular complexity index is 930. The van der Waals surface area contributed by atoms with Gasteiger partial charge in [-0.15, -0.1) is 0 Å². The van der Waals surface area contributed by atoms with Crippen molar-refractivity contribution in [2.75, 3.05) is 0 Å². The number of benzene rings is 2. The van der Waals surface area contributed by atoms with Crippen LogP contribution in [0.1, 0.15) is 38.5 Å². The van der Waals surface area contributed by atoms with Gasteiger partial charge >= 0.3 is 18.0 Å². The summed E-state index contributed by atoms with van der Waals surface area (Å²) in [6, 6.07) is 14.7. The minimum absolute atomic E-state index is 0.0768. The number of hydrogen-bond acceptors (Lipinski definition) is 2. The molecule has 1 aliphatic rings. The summed E-state index contributed by atoms with van der Waals surface area (Å²) < 4.78 is 110. The zero-order valence-corrected chi connectivity index (χ0v) is 18.4. The SMILES string of the molecule is O=P(c1ccccc1)(c1ccccc1)C(CCC1(O)CCC1)CC(F)(F)C(F)(F)C(F)(F)F. The lowest BCUT2D eigenvalue weighted by atomic mass is 9.76. The summed E-state index contributed by atoms with van der Waals surface area (Å²) in [4.78, 5) is 0. The second-order valence-electron chi connectivity index (χ2n) is 8.58. The van der Waals surface area contributed by atoms with E-state index in [1.165, 1.54) is 48.5 Å². The Balaban J connectivity index is 2.10. The third-order valence-corrected chi connectivity index (χ3v) is 9.93. The van der Waals surface area contributed by atoms with Gasteiger partial charge in [0.2, 0.25) is 0 Å². The molecular weight excluding hydrogens is 472 g/mol. The Morgan fingerprint density at radius 1 is 0.848 bits per heavy atom. The summed E-state index contributed by atoms with van der Waals surface area (Å²) >= 11 is 0. The van der Waals surface area contributed by atoms with Gasteiger partial charge in [-0.25, -0.2) is 0 Å². The Morgan fingerprint density at radius 2 is 1.30 bits per heavy atom. The molecule has 182 valence electrons. The fourth-order valence-electron chi connectivity index (χ4n) is 4.18. The van der Waals surface area contributed by atoms with Crippen molar-refractivity contribution >= 4 is 17.8 Å². The Kier molecular flexibility index (Phi) is 7.07. The van der Waals surface area contributed by atoms with Gasteiger partial charge in [-0.1, -0.05) is 60.7 Å². The van der Waals surface area contributed by atoms with Gasteiger partial charge < -0.3 is 9.67 Å². The van der Waals surface area contributed by atoms with E-state index in [4.69, 9.17) is 0 Å². The van der Waals surface area contributed by atoms with E-state index >= 15 is 0 Å². The summed E-state index contributed by atoms with van der Waals surface area (Å²) in [6.45, 7) is 0. The molecule has 0 saturated heterocycles. The lowest BCUT2D eigenvalue weighted by Crippen LogP contribution is -2.53. The third-order valence-electron chi connectivity index (χ3n) is 6.33. The summed E-state index contributed by atoms with van der Waals surface area (Å²) in [6.07, 6.45) is -7.56. The number of aliphatic hydroxyl groups is 1. The third kappa shape index (κ3) is 4.99. The zero-order valence-electron chi connectivity index (χ0n) is 17.5. The highest BCUT2D eigenvalue weighted by Gasteiger charge is 2.73. The van der Waals surface area contributed by atoms with Gasteiger partial charge in [0, 0.05) is 22.7 Å². The molecule has 1 N–H and O–H groups in total. The lowest BCUT2D eigenvalue weighted by Gasteiger charge is -2.40. The minimum atomic E-state index is -6.48. The van der Waals surface area contributed by atoms with E-state index in [0.29, 0.717) is 19.3 Å². The molecule has 1 unspecified atom stereocenters. The number of halogens is 7. The second kappa shape index (κ2) is 9.06. The largest absolute Gasteiger partial charge is 0.459 e. The van der Waals surface area contributed by atoms with Gasteiger partial charge in [0.15, 0.2) is 0 Å². The summed E-state index contributed by atoms with van der Waals surface area (Å²) in [7, 11) is -4.12. The maximum absolute atomic E-state index is 14.6. The van der Waals surface area contributed by atoms with Gasteiger partial charge in [0.1, 0.15) is 7.14 Å². The van der Waals surface area contributed by atoms with E-state index in [2.05, 4.69) is 0 Å². The van der Waals surface area contributed by atoms with Gasteiger partial charge in [-0.3, -0.25) is 0 Å². The molecule has 3 rings (SSSR count). The molecule has 1 saturated carbocycles. The van der Waals surface area contributed by atoms with Crippen molar-refractivity contribution in [1.29, 1.82) is 0 Å². The van der Waals surface area contributed by atoms with Crippen LogP contribution in [0, 0.1) is 0 Å². The van der Waals surface area contributed by atoms with Crippen molar-refractivity contribution < 1.29 is 40.4 Å². The fraction of sp³-hybridized carbons (Fsp3) is 0.478. The Labute approximate surface area is 187 Å². The van der Waals surface area contributed by atoms with E-state index in [9.17, 15) is 40.4 Å². The highest BCUT2D eigenvalue weighted by Crippen LogP contribution is 2.58. The van der Waals surface area contributed by atoms with Crippen molar-refractivity contribution in [2.24, 2.45) is 0 Å². The molecule has 33 heavy (non-hydrogen) atoms. The molecule has 0 heterocycles. The first-order chi connectivity index (χ1) is 15.2. The van der Waals surface area contributed by atoms with Crippen LogP contribution < -0.4 is 10.6 Å². The van der Waals surface area contributed by atoms with E-state index in [1.807, 2.05) is 0 Å². The predicted molar refractivity (Wildman–Crippen MR) is 112 cm³/mol. The molecule has 1 aliphatic carbocycles. The minimum Gasteiger partial charge on any atom is -0.390 e. The van der Waals surface area contributed by atoms with Crippen LogP contribution in [-0.2, 0) is 4.57 Å². The molecule has 2 nitrogen and oxygen atoms in total. The van der Waals surface area contributed by atoms with E-state index in [0.717, 1.165) is 0 Å². The van der Waals surface area contributed by atoms with Gasteiger partial charge in [-0.05, 0) is 32.1 Å². The number of alkyl halides is 7. The predicted octanol–water partition coefficient (Wildman–Crippen LogP) is 6.29. The normalized spacial score (nSPS) is 17.9. The fourth-order valence-corrected chi connectivity index (χ4v) is 7.53. The van der Waals surface area contributed by atoms with Crippen LogP contribution in [-0.4, -0.2) is 34.4 Å². The quantitative estimate of drug-likeness (QED) is 0.328. The van der Waals surface area contributed by atoms with E-state index in [-0.39, 0.29) is 17.0 Å². The molecule has 0 amide bonds. The van der Waals surface area contributed by atoms with Crippen LogP contribution >= 0.6 is 7.14 Å². The van der Waals surface area contributed by atoms with E-state index < -0.39 is 49.3 Å². The Hall–Kier alpha value is -1.86.